The van der Waals surface area contributed by atoms with Crippen LogP contribution in [0, 0.1) is 37.0 Å². The zero-order chi connectivity index (χ0) is 32.1. The van der Waals surface area contributed by atoms with Gasteiger partial charge < -0.3 is 43.8 Å². The van der Waals surface area contributed by atoms with Gasteiger partial charge in [0.15, 0.2) is 0 Å². The van der Waals surface area contributed by atoms with Crippen molar-refractivity contribution in [3.05, 3.63) is 35.4 Å². The average Bonchev–Trinajstić information content (AvgIpc) is 3.03. The van der Waals surface area contributed by atoms with Gasteiger partial charge in [0.25, 0.3) is 5.91 Å². The summed E-state index contributed by atoms with van der Waals surface area (Å²) in [5.74, 6) is 6.59. The molecule has 0 aliphatic carbocycles. The summed E-state index contributed by atoms with van der Waals surface area (Å²) in [6.07, 6.45) is 16.6. The van der Waals surface area contributed by atoms with E-state index in [0.29, 0.717) is 63.9 Å². The molecule has 1 rings (SSSR count). The van der Waals surface area contributed by atoms with Gasteiger partial charge in [-0.25, -0.2) is 0 Å². The Bertz CT molecular complexity index is 1020. The maximum absolute atomic E-state index is 12.6. The van der Waals surface area contributed by atoms with Gasteiger partial charge in [0.1, 0.15) is 31.6 Å². The molecule has 0 unspecified atom stereocenters. The Morgan fingerprint density at radius 3 is 1.59 bits per heavy atom. The van der Waals surface area contributed by atoms with Gasteiger partial charge in [-0.1, -0.05) is 29.9 Å². The molecule has 0 fully saturated rings. The van der Waals surface area contributed by atoms with Crippen LogP contribution in [0.15, 0.2) is 24.3 Å². The summed E-state index contributed by atoms with van der Waals surface area (Å²) in [6, 6.07) is 6.35. The topological polar surface area (TPSA) is 140 Å². The molecule has 12 nitrogen and oxygen atoms in total. The average molecular weight is 615 g/mol. The Kier molecular flexibility index (Phi) is 22.3. The van der Waals surface area contributed by atoms with Crippen molar-refractivity contribution in [3.63, 3.8) is 0 Å². The Labute approximate surface area is 259 Å². The first-order valence-corrected chi connectivity index (χ1v) is 14.0. The number of benzene rings is 1. The fourth-order valence-corrected chi connectivity index (χ4v) is 3.49. The number of carbonyl (C=O) groups excluding carboxylic acids is 3. The van der Waals surface area contributed by atoms with Crippen molar-refractivity contribution >= 4 is 18.1 Å². The smallest absolute Gasteiger partial charge is 0.251 e. The molecule has 0 aliphatic heterocycles. The van der Waals surface area contributed by atoms with Gasteiger partial charge in [0.2, 0.25) is 5.91 Å². The zero-order valence-corrected chi connectivity index (χ0v) is 25.0. The predicted molar refractivity (Wildman–Crippen MR) is 162 cm³/mol. The van der Waals surface area contributed by atoms with Gasteiger partial charge in [-0.05, 0) is 12.1 Å². The first kappa shape index (κ1) is 38.3. The number of nitrogens with one attached hydrogen (secondary N) is 2. The second-order valence-electron chi connectivity index (χ2n) is 9.11. The number of terminal acetylenes is 3. The summed E-state index contributed by atoms with van der Waals surface area (Å²) in [4.78, 5) is 35.3. The van der Waals surface area contributed by atoms with Gasteiger partial charge in [-0.15, -0.1) is 19.3 Å². The van der Waals surface area contributed by atoms with Crippen molar-refractivity contribution in [2.45, 2.75) is 12.0 Å². The summed E-state index contributed by atoms with van der Waals surface area (Å²) < 4.78 is 38.2. The van der Waals surface area contributed by atoms with Crippen LogP contribution >= 0.6 is 0 Å². The summed E-state index contributed by atoms with van der Waals surface area (Å²) in [5, 5.41) is 5.62. The van der Waals surface area contributed by atoms with E-state index in [9.17, 15) is 14.4 Å². The molecule has 44 heavy (non-hydrogen) atoms. The van der Waals surface area contributed by atoms with Crippen LogP contribution in [0.5, 0.6) is 0 Å². The van der Waals surface area contributed by atoms with Crippen LogP contribution in [-0.2, 0) is 38.0 Å². The summed E-state index contributed by atoms with van der Waals surface area (Å²) >= 11 is 0. The van der Waals surface area contributed by atoms with Crippen LogP contribution < -0.4 is 10.6 Å². The summed E-state index contributed by atoms with van der Waals surface area (Å²) in [6.45, 7) is 3.28. The van der Waals surface area contributed by atoms with Gasteiger partial charge in [0.05, 0.1) is 72.7 Å². The number of hydrogen-bond donors (Lipinski definition) is 2. The summed E-state index contributed by atoms with van der Waals surface area (Å²) in [7, 11) is 0. The highest BCUT2D eigenvalue weighted by atomic mass is 16.6. The monoisotopic (exact) mass is 614 g/mol. The van der Waals surface area contributed by atoms with E-state index in [4.69, 9.17) is 52.4 Å². The maximum atomic E-state index is 12.6. The molecule has 0 aromatic heterocycles. The Hall–Kier alpha value is -3.77. The molecule has 240 valence electrons. The zero-order valence-electron chi connectivity index (χ0n) is 25.0. The second-order valence-corrected chi connectivity index (χ2v) is 9.11. The van der Waals surface area contributed by atoms with Crippen LogP contribution in [0.4, 0.5) is 0 Å². The Morgan fingerprint density at radius 2 is 1.14 bits per heavy atom. The van der Waals surface area contributed by atoms with Crippen LogP contribution in [-0.4, -0.2) is 123 Å². The van der Waals surface area contributed by atoms with E-state index in [-0.39, 0.29) is 64.5 Å². The first-order valence-electron chi connectivity index (χ1n) is 14.0. The van der Waals surface area contributed by atoms with E-state index in [2.05, 4.69) is 28.4 Å². The van der Waals surface area contributed by atoms with Gasteiger partial charge >= 0.3 is 0 Å². The third-order valence-electron chi connectivity index (χ3n) is 5.53. The molecule has 2 amide bonds. The lowest BCUT2D eigenvalue weighted by atomic mass is 10.0. The maximum Gasteiger partial charge on any atom is 0.251 e. The lowest BCUT2D eigenvalue weighted by Crippen LogP contribution is -2.58. The third kappa shape index (κ3) is 18.7. The number of aldehydes is 1. The van der Waals surface area contributed by atoms with Crippen LogP contribution in [0.3, 0.4) is 0 Å². The highest BCUT2D eigenvalue weighted by Crippen LogP contribution is 2.10. The van der Waals surface area contributed by atoms with Crippen LogP contribution in [0.2, 0.25) is 0 Å². The second kappa shape index (κ2) is 25.7. The van der Waals surface area contributed by atoms with Crippen molar-refractivity contribution in [2.75, 3.05) is 99.0 Å². The molecule has 0 bridgehead atoms. The number of hydrogen-bond acceptors (Lipinski definition) is 10. The van der Waals surface area contributed by atoms with E-state index in [1.807, 2.05) is 0 Å². The molecule has 0 heterocycles. The molecular weight excluding hydrogens is 572 g/mol. The number of ether oxygens (including phenoxy) is 7. The van der Waals surface area contributed by atoms with Crippen molar-refractivity contribution in [2.24, 2.45) is 0 Å². The molecule has 0 saturated heterocycles. The molecule has 2 N–H and O–H groups in total. The largest absolute Gasteiger partial charge is 0.379 e. The highest BCUT2D eigenvalue weighted by molar-refractivity contribution is 5.94. The van der Waals surface area contributed by atoms with Crippen molar-refractivity contribution in [3.8, 4) is 37.0 Å². The van der Waals surface area contributed by atoms with Gasteiger partial charge in [0, 0.05) is 24.1 Å². The molecule has 0 saturated carbocycles. The fraction of sp³-hybridized carbons (Fsp3) is 0.531. The molecule has 0 radical (unpaired) electrons. The van der Waals surface area contributed by atoms with E-state index in [0.717, 1.165) is 6.29 Å². The quantitative estimate of drug-likeness (QED) is 0.0818. The lowest BCUT2D eigenvalue weighted by molar-refractivity contribution is -0.128. The molecule has 12 heteroatoms. The standard InChI is InChI=1S/C32H42N2O10/c1-4-13-42-25-32(26-43-14-5-2,27-44-15-6-3)34-30(36)11-16-38-18-20-40-22-23-41-21-19-39-17-12-33-31(37)29-9-7-28(24-35)8-10-29/h1-3,7-10,24H,11-23,25-27H2,(H,33,37)(H,34,36). The molecule has 0 aliphatic rings. The first-order chi connectivity index (χ1) is 21.5. The summed E-state index contributed by atoms with van der Waals surface area (Å²) in [5.41, 5.74) is -0.0455. The minimum Gasteiger partial charge on any atom is -0.379 e. The highest BCUT2D eigenvalue weighted by Gasteiger charge is 2.33. The van der Waals surface area contributed by atoms with Crippen molar-refractivity contribution in [1.82, 2.24) is 10.6 Å². The van der Waals surface area contributed by atoms with Gasteiger partial charge in [-0.2, -0.15) is 0 Å². The SMILES string of the molecule is C#CCOCC(COCC#C)(COCC#C)NC(=O)CCOCCOCCOCCOCCNC(=O)c1ccc(C=O)cc1. The van der Waals surface area contributed by atoms with Crippen molar-refractivity contribution < 1.29 is 47.5 Å². The molecule has 0 spiro atoms. The van der Waals surface area contributed by atoms with Crippen LogP contribution in [0.1, 0.15) is 27.1 Å². The van der Waals surface area contributed by atoms with E-state index in [1.165, 1.54) is 0 Å². The molecule has 1 aromatic rings. The normalized spacial score (nSPS) is 10.8. The van der Waals surface area contributed by atoms with Gasteiger partial charge in [-0.3, -0.25) is 14.4 Å². The molecule has 0 atom stereocenters. The molecular formula is C32H42N2O10. The fourth-order valence-electron chi connectivity index (χ4n) is 3.49. The molecule has 1 aromatic carbocycles. The number of carbonyl (C=O) groups is 3. The van der Waals surface area contributed by atoms with E-state index in [1.54, 1.807) is 24.3 Å². The third-order valence-corrected chi connectivity index (χ3v) is 5.53. The Balaban J connectivity index is 2.11. The number of rotatable bonds is 27. The Morgan fingerprint density at radius 1 is 0.682 bits per heavy atom. The van der Waals surface area contributed by atoms with Crippen LogP contribution in [0.25, 0.3) is 0 Å². The van der Waals surface area contributed by atoms with E-state index < -0.39 is 5.54 Å². The minimum atomic E-state index is -1.03. The lowest BCUT2D eigenvalue weighted by Gasteiger charge is -2.33. The minimum absolute atomic E-state index is 0.0412. The van der Waals surface area contributed by atoms with E-state index >= 15 is 0 Å². The number of amides is 2. The van der Waals surface area contributed by atoms with Crippen molar-refractivity contribution in [1.29, 1.82) is 0 Å². The predicted octanol–water partition coefficient (Wildman–Crippen LogP) is 0.490.